The number of carbonyl (C=O) groups excluding carboxylic acids is 1. The van der Waals surface area contributed by atoms with Gasteiger partial charge in [-0.15, -0.1) is 11.3 Å². The quantitative estimate of drug-likeness (QED) is 0.511. The fourth-order valence-corrected chi connectivity index (χ4v) is 4.70. The molecule has 0 fully saturated rings. The molecular formula is C20H20N4O2S2. The average Bonchev–Trinajstić information content (AvgIpc) is 3.34. The Balaban J connectivity index is 1.53. The van der Waals surface area contributed by atoms with Gasteiger partial charge >= 0.3 is 0 Å². The van der Waals surface area contributed by atoms with E-state index in [4.69, 9.17) is 4.74 Å². The molecule has 0 unspecified atom stereocenters. The molecule has 0 aliphatic carbocycles. The smallest absolute Gasteiger partial charge is 0.246 e. The topological polar surface area (TPSA) is 69.0 Å². The standard InChI is InChI=1S/C20H20N4O2S2/c1-11-7-15(17-10-27-13(3)21-17)12(2)24(11)9-19(25)23-20-22-16-6-5-14(26-4)8-18(16)28-20/h5-8,10H,9H2,1-4H3,(H,22,23,25). The number of methoxy groups -OCH3 is 1. The summed E-state index contributed by atoms with van der Waals surface area (Å²) in [5, 5.41) is 6.59. The van der Waals surface area contributed by atoms with Crippen LogP contribution in [-0.2, 0) is 11.3 Å². The number of carbonyl (C=O) groups is 1. The van der Waals surface area contributed by atoms with Gasteiger partial charge in [-0.1, -0.05) is 11.3 Å². The van der Waals surface area contributed by atoms with Crippen LogP contribution in [0.3, 0.4) is 0 Å². The predicted octanol–water partition coefficient (Wildman–Crippen LogP) is 4.79. The normalized spacial score (nSPS) is 11.1. The molecule has 8 heteroatoms. The molecule has 0 aliphatic heterocycles. The maximum atomic E-state index is 12.6. The summed E-state index contributed by atoms with van der Waals surface area (Å²) in [5.41, 5.74) is 4.94. The Morgan fingerprint density at radius 2 is 2.04 bits per heavy atom. The maximum absolute atomic E-state index is 12.6. The number of ether oxygens (including phenoxy) is 1. The Hall–Kier alpha value is -2.71. The largest absolute Gasteiger partial charge is 0.497 e. The van der Waals surface area contributed by atoms with Crippen molar-refractivity contribution in [2.75, 3.05) is 12.4 Å². The molecule has 28 heavy (non-hydrogen) atoms. The van der Waals surface area contributed by atoms with Crippen molar-refractivity contribution >= 4 is 43.9 Å². The summed E-state index contributed by atoms with van der Waals surface area (Å²) in [6.45, 7) is 6.26. The molecule has 0 spiro atoms. The second-order valence-electron chi connectivity index (χ2n) is 6.52. The van der Waals surface area contributed by atoms with Gasteiger partial charge in [-0.25, -0.2) is 9.97 Å². The zero-order chi connectivity index (χ0) is 19.8. The average molecular weight is 413 g/mol. The highest BCUT2D eigenvalue weighted by molar-refractivity contribution is 7.22. The zero-order valence-electron chi connectivity index (χ0n) is 16.1. The molecule has 1 aromatic carbocycles. The first kappa shape index (κ1) is 18.6. The first-order valence-electron chi connectivity index (χ1n) is 8.78. The van der Waals surface area contributed by atoms with Crippen LogP contribution < -0.4 is 10.1 Å². The third-order valence-electron chi connectivity index (χ3n) is 4.61. The Bertz CT molecular complexity index is 1170. The van der Waals surface area contributed by atoms with Crippen molar-refractivity contribution in [3.63, 3.8) is 0 Å². The van der Waals surface area contributed by atoms with Gasteiger partial charge in [0.2, 0.25) is 5.91 Å². The number of nitrogens with zero attached hydrogens (tertiary/aromatic N) is 3. The Morgan fingerprint density at radius 3 is 2.75 bits per heavy atom. The molecule has 144 valence electrons. The number of rotatable bonds is 5. The lowest BCUT2D eigenvalue weighted by molar-refractivity contribution is -0.116. The minimum atomic E-state index is -0.103. The molecule has 0 saturated carbocycles. The first-order chi connectivity index (χ1) is 13.4. The van der Waals surface area contributed by atoms with Crippen LogP contribution in [0, 0.1) is 20.8 Å². The molecule has 4 aromatic rings. The fourth-order valence-electron chi connectivity index (χ4n) is 3.18. The lowest BCUT2D eigenvalue weighted by Gasteiger charge is -2.09. The molecule has 1 N–H and O–H groups in total. The van der Waals surface area contributed by atoms with E-state index in [2.05, 4.69) is 26.7 Å². The van der Waals surface area contributed by atoms with E-state index in [1.54, 1.807) is 18.4 Å². The van der Waals surface area contributed by atoms with Gasteiger partial charge in [0, 0.05) is 22.3 Å². The number of anilines is 1. The molecule has 1 amide bonds. The minimum absolute atomic E-state index is 0.103. The summed E-state index contributed by atoms with van der Waals surface area (Å²) in [6.07, 6.45) is 0. The van der Waals surface area contributed by atoms with Crippen molar-refractivity contribution in [2.24, 2.45) is 0 Å². The van der Waals surface area contributed by atoms with Crippen molar-refractivity contribution in [3.8, 4) is 17.0 Å². The van der Waals surface area contributed by atoms with Gasteiger partial charge in [0.15, 0.2) is 5.13 Å². The summed E-state index contributed by atoms with van der Waals surface area (Å²) in [4.78, 5) is 21.7. The summed E-state index contributed by atoms with van der Waals surface area (Å²) < 4.78 is 8.23. The van der Waals surface area contributed by atoms with Gasteiger partial charge in [-0.2, -0.15) is 0 Å². The number of hydrogen-bond acceptors (Lipinski definition) is 6. The highest BCUT2D eigenvalue weighted by atomic mass is 32.1. The van der Waals surface area contributed by atoms with E-state index in [9.17, 15) is 4.79 Å². The van der Waals surface area contributed by atoms with Crippen LogP contribution in [0.5, 0.6) is 5.75 Å². The Labute approximate surface area is 170 Å². The number of nitrogens with one attached hydrogen (secondary N) is 1. The molecule has 4 rings (SSSR count). The number of amides is 1. The summed E-state index contributed by atoms with van der Waals surface area (Å²) >= 11 is 3.07. The predicted molar refractivity (Wildman–Crippen MR) is 115 cm³/mol. The van der Waals surface area contributed by atoms with Gasteiger partial charge in [0.05, 0.1) is 28.0 Å². The summed E-state index contributed by atoms with van der Waals surface area (Å²) in [7, 11) is 1.63. The Morgan fingerprint density at radius 1 is 1.21 bits per heavy atom. The van der Waals surface area contributed by atoms with Gasteiger partial charge in [0.25, 0.3) is 0 Å². The van der Waals surface area contributed by atoms with E-state index >= 15 is 0 Å². The van der Waals surface area contributed by atoms with Crippen LogP contribution in [-0.4, -0.2) is 27.6 Å². The monoisotopic (exact) mass is 412 g/mol. The number of aromatic nitrogens is 3. The second-order valence-corrected chi connectivity index (χ2v) is 8.62. The third kappa shape index (κ3) is 3.53. The molecule has 6 nitrogen and oxygen atoms in total. The SMILES string of the molecule is COc1ccc2nc(NC(=O)Cn3c(C)cc(-c4csc(C)n4)c3C)sc2c1. The minimum Gasteiger partial charge on any atom is -0.497 e. The highest BCUT2D eigenvalue weighted by Crippen LogP contribution is 2.30. The van der Waals surface area contributed by atoms with Crippen molar-refractivity contribution in [1.29, 1.82) is 0 Å². The van der Waals surface area contributed by atoms with E-state index in [-0.39, 0.29) is 12.5 Å². The van der Waals surface area contributed by atoms with Gasteiger partial charge < -0.3 is 14.6 Å². The van der Waals surface area contributed by atoms with E-state index in [1.165, 1.54) is 11.3 Å². The van der Waals surface area contributed by atoms with Crippen LogP contribution in [0.4, 0.5) is 5.13 Å². The van der Waals surface area contributed by atoms with Crippen molar-refractivity contribution in [1.82, 2.24) is 14.5 Å². The fraction of sp³-hybridized carbons (Fsp3) is 0.250. The van der Waals surface area contributed by atoms with E-state index in [0.29, 0.717) is 5.13 Å². The number of benzene rings is 1. The van der Waals surface area contributed by atoms with E-state index in [1.807, 2.05) is 43.5 Å². The van der Waals surface area contributed by atoms with Crippen LogP contribution in [0.25, 0.3) is 21.5 Å². The number of hydrogen-bond donors (Lipinski definition) is 1. The molecule has 0 aliphatic rings. The van der Waals surface area contributed by atoms with Crippen molar-refractivity contribution < 1.29 is 9.53 Å². The lowest BCUT2D eigenvalue weighted by Crippen LogP contribution is -2.20. The number of fused-ring (bicyclic) bond motifs is 1. The third-order valence-corrected chi connectivity index (χ3v) is 6.32. The van der Waals surface area contributed by atoms with E-state index in [0.717, 1.165) is 43.6 Å². The molecule has 0 radical (unpaired) electrons. The lowest BCUT2D eigenvalue weighted by atomic mass is 10.2. The van der Waals surface area contributed by atoms with Crippen LogP contribution in [0.15, 0.2) is 29.6 Å². The number of aryl methyl sites for hydroxylation is 2. The summed E-state index contributed by atoms with van der Waals surface area (Å²) in [5.74, 6) is 0.672. The van der Waals surface area contributed by atoms with Gasteiger partial charge in [0.1, 0.15) is 12.3 Å². The maximum Gasteiger partial charge on any atom is 0.246 e. The first-order valence-corrected chi connectivity index (χ1v) is 10.5. The van der Waals surface area contributed by atoms with Crippen LogP contribution >= 0.6 is 22.7 Å². The Kier molecular flexibility index (Phi) is 4.91. The van der Waals surface area contributed by atoms with Crippen LogP contribution in [0.2, 0.25) is 0 Å². The van der Waals surface area contributed by atoms with Crippen molar-refractivity contribution in [3.05, 3.63) is 46.0 Å². The van der Waals surface area contributed by atoms with Crippen LogP contribution in [0.1, 0.15) is 16.4 Å². The zero-order valence-corrected chi connectivity index (χ0v) is 17.7. The van der Waals surface area contributed by atoms with Gasteiger partial charge in [-0.05, 0) is 45.0 Å². The molecule has 3 aromatic heterocycles. The van der Waals surface area contributed by atoms with Gasteiger partial charge in [-0.3, -0.25) is 4.79 Å². The highest BCUT2D eigenvalue weighted by Gasteiger charge is 2.16. The molecule has 0 atom stereocenters. The van der Waals surface area contributed by atoms with E-state index < -0.39 is 0 Å². The molecular weight excluding hydrogens is 392 g/mol. The van der Waals surface area contributed by atoms with Crippen molar-refractivity contribution in [2.45, 2.75) is 27.3 Å². The summed E-state index contributed by atoms with van der Waals surface area (Å²) in [6, 6.07) is 7.76. The second kappa shape index (κ2) is 7.37. The molecule has 0 saturated heterocycles. The molecule has 0 bridgehead atoms. The molecule has 3 heterocycles. The number of thiazole rings is 2.